The molecular formula is C22H39IN6O. The number of carbonyl (C=O) groups is 1. The highest BCUT2D eigenvalue weighted by Crippen LogP contribution is 2.07. The molecule has 0 aromatic heterocycles. The minimum absolute atomic E-state index is 0. The van der Waals surface area contributed by atoms with Gasteiger partial charge in [0, 0.05) is 57.9 Å². The molecule has 0 bridgehead atoms. The number of amides is 1. The van der Waals surface area contributed by atoms with Crippen molar-refractivity contribution in [1.82, 2.24) is 25.8 Å². The normalized spacial score (nSPS) is 16.5. The molecule has 1 aromatic carbocycles. The van der Waals surface area contributed by atoms with Gasteiger partial charge < -0.3 is 20.9 Å². The molecule has 0 radical (unpaired) electrons. The Morgan fingerprint density at radius 1 is 1.17 bits per heavy atom. The third-order valence-corrected chi connectivity index (χ3v) is 5.46. The second-order valence-electron chi connectivity index (χ2n) is 7.50. The van der Waals surface area contributed by atoms with E-state index in [0.717, 1.165) is 70.3 Å². The summed E-state index contributed by atoms with van der Waals surface area (Å²) in [7, 11) is 1.65. The first-order chi connectivity index (χ1) is 14.1. The van der Waals surface area contributed by atoms with Gasteiger partial charge in [-0.25, -0.2) is 0 Å². The van der Waals surface area contributed by atoms with Crippen LogP contribution in [0.2, 0.25) is 0 Å². The van der Waals surface area contributed by atoms with Crippen LogP contribution >= 0.6 is 24.0 Å². The summed E-state index contributed by atoms with van der Waals surface area (Å²) in [4.78, 5) is 21.6. The van der Waals surface area contributed by atoms with E-state index in [0.29, 0.717) is 11.6 Å². The van der Waals surface area contributed by atoms with E-state index in [2.05, 4.69) is 52.6 Å². The molecule has 0 aliphatic carbocycles. The van der Waals surface area contributed by atoms with Crippen molar-refractivity contribution < 1.29 is 4.79 Å². The largest absolute Gasteiger partial charge is 0.357 e. The van der Waals surface area contributed by atoms with Crippen LogP contribution < -0.4 is 16.0 Å². The number of rotatable bonds is 9. The van der Waals surface area contributed by atoms with Crippen LogP contribution in [0.3, 0.4) is 0 Å². The molecule has 2 rings (SSSR count). The average Bonchev–Trinajstić information content (AvgIpc) is 2.77. The zero-order chi connectivity index (χ0) is 21.1. The molecule has 1 amide bonds. The first kappa shape index (κ1) is 26.6. The van der Waals surface area contributed by atoms with Crippen LogP contribution in [0.15, 0.2) is 29.3 Å². The van der Waals surface area contributed by atoms with Gasteiger partial charge in [-0.1, -0.05) is 19.1 Å². The van der Waals surface area contributed by atoms with Crippen molar-refractivity contribution in [2.24, 2.45) is 4.99 Å². The minimum atomic E-state index is -0.0523. The van der Waals surface area contributed by atoms with Gasteiger partial charge in [0.05, 0.1) is 6.54 Å². The topological polar surface area (TPSA) is 72.0 Å². The molecule has 1 fully saturated rings. The van der Waals surface area contributed by atoms with Gasteiger partial charge in [-0.05, 0) is 44.5 Å². The first-order valence-corrected chi connectivity index (χ1v) is 10.9. The maximum Gasteiger partial charge on any atom is 0.251 e. The summed E-state index contributed by atoms with van der Waals surface area (Å²) in [5.74, 6) is 0.803. The molecule has 170 valence electrons. The smallest absolute Gasteiger partial charge is 0.251 e. The molecule has 1 heterocycles. The van der Waals surface area contributed by atoms with Crippen LogP contribution in [0.25, 0.3) is 0 Å². The molecular weight excluding hydrogens is 491 g/mol. The fraction of sp³-hybridized carbons (Fsp3) is 0.636. The van der Waals surface area contributed by atoms with Crippen LogP contribution in [0, 0.1) is 0 Å². The molecule has 1 saturated heterocycles. The van der Waals surface area contributed by atoms with Crippen LogP contribution in [0.1, 0.15) is 36.7 Å². The Balaban J connectivity index is 0.00000450. The van der Waals surface area contributed by atoms with E-state index in [-0.39, 0.29) is 29.9 Å². The van der Waals surface area contributed by atoms with Gasteiger partial charge in [-0.2, -0.15) is 0 Å². The van der Waals surface area contributed by atoms with E-state index in [4.69, 9.17) is 4.99 Å². The van der Waals surface area contributed by atoms with E-state index in [1.807, 2.05) is 18.2 Å². The van der Waals surface area contributed by atoms with E-state index in [9.17, 15) is 4.79 Å². The maximum absolute atomic E-state index is 11.8. The van der Waals surface area contributed by atoms with Crippen LogP contribution in [-0.4, -0.2) is 87.1 Å². The third-order valence-electron chi connectivity index (χ3n) is 5.46. The Labute approximate surface area is 199 Å². The van der Waals surface area contributed by atoms with Crippen molar-refractivity contribution in [2.45, 2.75) is 33.2 Å². The molecule has 1 atom stereocenters. The van der Waals surface area contributed by atoms with Crippen LogP contribution in [0.5, 0.6) is 0 Å². The molecule has 7 nitrogen and oxygen atoms in total. The van der Waals surface area contributed by atoms with Crippen molar-refractivity contribution in [2.75, 3.05) is 59.4 Å². The molecule has 1 aliphatic rings. The van der Waals surface area contributed by atoms with Gasteiger partial charge in [0.15, 0.2) is 5.96 Å². The van der Waals surface area contributed by atoms with Crippen molar-refractivity contribution in [1.29, 1.82) is 0 Å². The number of hydrogen-bond acceptors (Lipinski definition) is 4. The highest BCUT2D eigenvalue weighted by atomic mass is 127. The summed E-state index contributed by atoms with van der Waals surface area (Å²) in [6.07, 6.45) is 0.837. The predicted octanol–water partition coefficient (Wildman–Crippen LogP) is 1.79. The standard InChI is InChI=1S/C22H38N6O.HI/c1-5-24-22(26-17-18(3)28-14-12-27(6-2)13-15-28)25-11-10-19-8-7-9-20(16-19)21(29)23-4;/h7-9,16,18H,5-6,10-15,17H2,1-4H3,(H,23,29)(H2,24,25,26);1H. The molecule has 0 saturated carbocycles. The molecule has 0 spiro atoms. The summed E-state index contributed by atoms with van der Waals surface area (Å²) < 4.78 is 0. The van der Waals surface area contributed by atoms with E-state index in [1.165, 1.54) is 0 Å². The molecule has 3 N–H and O–H groups in total. The summed E-state index contributed by atoms with van der Waals surface area (Å²) in [5, 5.41) is 9.42. The minimum Gasteiger partial charge on any atom is -0.357 e. The fourth-order valence-corrected chi connectivity index (χ4v) is 3.54. The summed E-state index contributed by atoms with van der Waals surface area (Å²) >= 11 is 0. The lowest BCUT2D eigenvalue weighted by Gasteiger charge is -2.37. The number of guanidine groups is 1. The van der Waals surface area contributed by atoms with Gasteiger partial charge in [0.2, 0.25) is 0 Å². The number of halogens is 1. The van der Waals surface area contributed by atoms with Gasteiger partial charge in [-0.3, -0.25) is 14.7 Å². The van der Waals surface area contributed by atoms with Gasteiger partial charge in [0.1, 0.15) is 0 Å². The molecule has 1 unspecified atom stereocenters. The summed E-state index contributed by atoms with van der Waals surface area (Å²) in [6.45, 7) is 14.6. The first-order valence-electron chi connectivity index (χ1n) is 10.9. The highest BCUT2D eigenvalue weighted by Gasteiger charge is 2.19. The Morgan fingerprint density at radius 3 is 2.53 bits per heavy atom. The quantitative estimate of drug-likeness (QED) is 0.258. The summed E-state index contributed by atoms with van der Waals surface area (Å²) in [5.41, 5.74) is 1.83. The van der Waals surface area contributed by atoms with E-state index < -0.39 is 0 Å². The van der Waals surface area contributed by atoms with Crippen molar-refractivity contribution in [3.8, 4) is 0 Å². The van der Waals surface area contributed by atoms with Crippen molar-refractivity contribution >= 4 is 35.8 Å². The number of piperazine rings is 1. The number of carbonyl (C=O) groups excluding carboxylic acids is 1. The Morgan fingerprint density at radius 2 is 1.90 bits per heavy atom. The average molecular weight is 530 g/mol. The number of benzene rings is 1. The predicted molar refractivity (Wildman–Crippen MR) is 136 cm³/mol. The maximum atomic E-state index is 11.8. The van der Waals surface area contributed by atoms with E-state index >= 15 is 0 Å². The fourth-order valence-electron chi connectivity index (χ4n) is 3.54. The Kier molecular flexibility index (Phi) is 13.0. The lowest BCUT2D eigenvalue weighted by Crippen LogP contribution is -2.50. The van der Waals surface area contributed by atoms with Crippen molar-refractivity contribution in [3.63, 3.8) is 0 Å². The molecule has 8 heteroatoms. The monoisotopic (exact) mass is 530 g/mol. The number of nitrogens with zero attached hydrogens (tertiary/aromatic N) is 3. The zero-order valence-corrected chi connectivity index (χ0v) is 21.2. The number of nitrogens with one attached hydrogen (secondary N) is 3. The molecule has 30 heavy (non-hydrogen) atoms. The number of aliphatic imine (C=N–C) groups is 1. The number of hydrogen-bond donors (Lipinski definition) is 3. The lowest BCUT2D eigenvalue weighted by molar-refractivity contribution is 0.0963. The van der Waals surface area contributed by atoms with Gasteiger partial charge in [-0.15, -0.1) is 24.0 Å². The van der Waals surface area contributed by atoms with Gasteiger partial charge in [0.25, 0.3) is 5.91 Å². The zero-order valence-electron chi connectivity index (χ0n) is 18.9. The van der Waals surface area contributed by atoms with E-state index in [1.54, 1.807) is 7.05 Å². The Hall–Kier alpha value is -1.39. The lowest BCUT2D eigenvalue weighted by atomic mass is 10.1. The molecule has 1 aliphatic heterocycles. The van der Waals surface area contributed by atoms with Crippen LogP contribution in [0.4, 0.5) is 0 Å². The third kappa shape index (κ3) is 8.77. The van der Waals surface area contributed by atoms with Crippen molar-refractivity contribution in [3.05, 3.63) is 35.4 Å². The second kappa shape index (κ2) is 14.6. The van der Waals surface area contributed by atoms with Crippen LogP contribution in [-0.2, 0) is 6.42 Å². The number of likely N-dealkylation sites (N-methyl/N-ethyl adjacent to an activating group) is 1. The SMILES string of the molecule is CCNC(=NCC(C)N1CCN(CC)CC1)NCCc1cccc(C(=O)NC)c1.I. The summed E-state index contributed by atoms with van der Waals surface area (Å²) in [6, 6.07) is 8.20. The molecule has 1 aromatic rings. The van der Waals surface area contributed by atoms with Gasteiger partial charge >= 0.3 is 0 Å². The Bertz CT molecular complexity index is 661. The second-order valence-corrected chi connectivity index (χ2v) is 7.50. The highest BCUT2D eigenvalue weighted by molar-refractivity contribution is 14.0.